The van der Waals surface area contributed by atoms with E-state index in [0.717, 1.165) is 16.9 Å². The molecule has 30 heavy (non-hydrogen) atoms. The first kappa shape index (κ1) is 21.1. The van der Waals surface area contributed by atoms with Crippen LogP contribution in [0.3, 0.4) is 0 Å². The van der Waals surface area contributed by atoms with Crippen molar-refractivity contribution in [1.29, 1.82) is 0 Å². The molecular formula is C25H27N3O2. The van der Waals surface area contributed by atoms with Crippen LogP contribution in [0.5, 0.6) is 0 Å². The molecule has 5 heteroatoms. The first-order chi connectivity index (χ1) is 14.4. The van der Waals surface area contributed by atoms with Crippen LogP contribution >= 0.6 is 0 Å². The molecule has 0 saturated heterocycles. The van der Waals surface area contributed by atoms with Crippen molar-refractivity contribution < 1.29 is 9.53 Å². The van der Waals surface area contributed by atoms with Crippen molar-refractivity contribution in [3.63, 3.8) is 0 Å². The van der Waals surface area contributed by atoms with E-state index < -0.39 is 17.7 Å². The summed E-state index contributed by atoms with van der Waals surface area (Å²) in [4.78, 5) is 12.4. The molecule has 3 aromatic rings. The van der Waals surface area contributed by atoms with E-state index in [0.29, 0.717) is 0 Å². The lowest BCUT2D eigenvalue weighted by Crippen LogP contribution is -2.35. The molecule has 1 unspecified atom stereocenters. The van der Waals surface area contributed by atoms with E-state index in [2.05, 4.69) is 5.32 Å². The maximum atomic E-state index is 12.4. The maximum absolute atomic E-state index is 12.4. The van der Waals surface area contributed by atoms with Crippen molar-refractivity contribution in [2.75, 3.05) is 5.01 Å². The molecule has 0 bridgehead atoms. The van der Waals surface area contributed by atoms with Crippen LogP contribution in [0.25, 0.3) is 0 Å². The first-order valence-electron chi connectivity index (χ1n) is 9.91. The van der Waals surface area contributed by atoms with E-state index >= 15 is 0 Å². The number of hydrazone groups is 1. The third kappa shape index (κ3) is 6.21. The number of carbonyl (C=O) groups excluding carboxylic acids is 1. The Hall–Kier alpha value is -3.60. The number of carbonyl (C=O) groups is 1. The van der Waals surface area contributed by atoms with Crippen LogP contribution in [-0.2, 0) is 4.74 Å². The number of hydrogen-bond donors (Lipinski definition) is 1. The topological polar surface area (TPSA) is 53.9 Å². The van der Waals surface area contributed by atoms with Gasteiger partial charge in [-0.05, 0) is 50.6 Å². The minimum atomic E-state index is -0.581. The molecule has 0 heterocycles. The summed E-state index contributed by atoms with van der Waals surface area (Å²) < 4.78 is 5.44. The van der Waals surface area contributed by atoms with E-state index in [1.807, 2.05) is 117 Å². The summed E-state index contributed by atoms with van der Waals surface area (Å²) in [5, 5.41) is 9.48. The second-order valence-corrected chi connectivity index (χ2v) is 7.78. The number of para-hydroxylation sites is 2. The van der Waals surface area contributed by atoms with Crippen LogP contribution in [0.1, 0.15) is 32.4 Å². The second kappa shape index (κ2) is 9.74. The van der Waals surface area contributed by atoms with Crippen LogP contribution < -0.4 is 10.3 Å². The predicted octanol–water partition coefficient (Wildman–Crippen LogP) is 6.08. The highest BCUT2D eigenvalue weighted by Crippen LogP contribution is 2.25. The number of ether oxygens (including phenoxy) is 1. The third-order valence-corrected chi connectivity index (χ3v) is 4.16. The number of anilines is 2. The number of nitrogens with one attached hydrogen (secondary N) is 1. The Balaban J connectivity index is 1.91. The number of amides is 1. The molecule has 0 saturated carbocycles. The Labute approximate surface area is 178 Å². The SMILES string of the molecule is CC(C)(C)OC(=O)NC(/C=N/N(c1ccccc1)c1ccccc1)c1ccccc1. The molecule has 1 N–H and O–H groups in total. The first-order valence-corrected chi connectivity index (χ1v) is 9.91. The molecule has 1 atom stereocenters. The molecule has 3 aromatic carbocycles. The molecule has 0 spiro atoms. The largest absolute Gasteiger partial charge is 0.444 e. The van der Waals surface area contributed by atoms with Gasteiger partial charge in [-0.25, -0.2) is 9.80 Å². The zero-order valence-electron chi connectivity index (χ0n) is 17.5. The maximum Gasteiger partial charge on any atom is 0.408 e. The van der Waals surface area contributed by atoms with Crippen molar-refractivity contribution in [2.45, 2.75) is 32.4 Å². The number of hydrogen-bond acceptors (Lipinski definition) is 4. The van der Waals surface area contributed by atoms with Crippen LogP contribution in [-0.4, -0.2) is 17.9 Å². The van der Waals surface area contributed by atoms with Crippen LogP contribution in [0.2, 0.25) is 0 Å². The predicted molar refractivity (Wildman–Crippen MR) is 122 cm³/mol. The zero-order valence-corrected chi connectivity index (χ0v) is 17.5. The molecule has 154 valence electrons. The van der Waals surface area contributed by atoms with E-state index in [9.17, 15) is 4.79 Å². The van der Waals surface area contributed by atoms with E-state index in [4.69, 9.17) is 9.84 Å². The summed E-state index contributed by atoms with van der Waals surface area (Å²) in [5.74, 6) is 0. The number of benzene rings is 3. The highest BCUT2D eigenvalue weighted by atomic mass is 16.6. The van der Waals surface area contributed by atoms with Gasteiger partial charge in [0.25, 0.3) is 0 Å². The van der Waals surface area contributed by atoms with Gasteiger partial charge in [0, 0.05) is 0 Å². The minimum absolute atomic E-state index is 0.448. The highest BCUT2D eigenvalue weighted by molar-refractivity contribution is 5.78. The average molecular weight is 402 g/mol. The van der Waals surface area contributed by atoms with Gasteiger partial charge in [0.1, 0.15) is 5.60 Å². The summed E-state index contributed by atoms with van der Waals surface area (Å²) in [5.41, 5.74) is 2.17. The second-order valence-electron chi connectivity index (χ2n) is 7.78. The summed E-state index contributed by atoms with van der Waals surface area (Å²) in [6.45, 7) is 5.51. The van der Waals surface area contributed by atoms with Gasteiger partial charge in [-0.15, -0.1) is 0 Å². The van der Waals surface area contributed by atoms with Gasteiger partial charge in [-0.1, -0.05) is 66.7 Å². The van der Waals surface area contributed by atoms with Gasteiger partial charge >= 0.3 is 6.09 Å². The quantitative estimate of drug-likeness (QED) is 0.402. The van der Waals surface area contributed by atoms with Gasteiger partial charge in [-0.3, -0.25) is 0 Å². The summed E-state index contributed by atoms with van der Waals surface area (Å²) >= 11 is 0. The molecule has 0 radical (unpaired) electrons. The molecule has 0 aliphatic carbocycles. The Morgan fingerprint density at radius 1 is 0.867 bits per heavy atom. The highest BCUT2D eigenvalue weighted by Gasteiger charge is 2.20. The average Bonchev–Trinajstić information content (AvgIpc) is 2.74. The Morgan fingerprint density at radius 3 is 1.80 bits per heavy atom. The fourth-order valence-electron chi connectivity index (χ4n) is 2.86. The van der Waals surface area contributed by atoms with Crippen LogP contribution in [0, 0.1) is 0 Å². The molecular weight excluding hydrogens is 374 g/mol. The normalized spacial score (nSPS) is 12.4. The van der Waals surface area contributed by atoms with E-state index in [1.165, 1.54) is 0 Å². The number of rotatable bonds is 6. The van der Waals surface area contributed by atoms with Gasteiger partial charge in [-0.2, -0.15) is 5.10 Å². The lowest BCUT2D eigenvalue weighted by atomic mass is 10.1. The molecule has 0 aliphatic rings. The fourth-order valence-corrected chi connectivity index (χ4v) is 2.86. The molecule has 0 aromatic heterocycles. The number of nitrogens with zero attached hydrogens (tertiary/aromatic N) is 2. The van der Waals surface area contributed by atoms with Gasteiger partial charge in [0.05, 0.1) is 23.6 Å². The summed E-state index contributed by atoms with van der Waals surface area (Å²) in [7, 11) is 0. The monoisotopic (exact) mass is 401 g/mol. The lowest BCUT2D eigenvalue weighted by molar-refractivity contribution is 0.0518. The van der Waals surface area contributed by atoms with Crippen molar-refractivity contribution in [1.82, 2.24) is 5.32 Å². The lowest BCUT2D eigenvalue weighted by Gasteiger charge is -2.23. The Kier molecular flexibility index (Phi) is 6.86. The zero-order chi connectivity index (χ0) is 21.4. The molecule has 3 rings (SSSR count). The van der Waals surface area contributed by atoms with E-state index in [-0.39, 0.29) is 0 Å². The molecule has 0 aliphatic heterocycles. The summed E-state index contributed by atoms with van der Waals surface area (Å²) in [6, 6.07) is 29.0. The number of alkyl carbamates (subject to hydrolysis) is 1. The van der Waals surface area contributed by atoms with Crippen LogP contribution in [0.15, 0.2) is 96.1 Å². The Morgan fingerprint density at radius 2 is 1.33 bits per heavy atom. The van der Waals surface area contributed by atoms with Crippen molar-refractivity contribution in [3.8, 4) is 0 Å². The van der Waals surface area contributed by atoms with E-state index in [1.54, 1.807) is 6.21 Å². The van der Waals surface area contributed by atoms with Gasteiger partial charge in [0.2, 0.25) is 0 Å². The van der Waals surface area contributed by atoms with Gasteiger partial charge in [0.15, 0.2) is 0 Å². The standard InChI is InChI=1S/C25H27N3O2/c1-25(2,3)30-24(29)27-23(20-13-7-4-8-14-20)19-26-28(21-15-9-5-10-16-21)22-17-11-6-12-18-22/h4-19,23H,1-3H3,(H,27,29)/b26-19+. The van der Waals surface area contributed by atoms with Crippen molar-refractivity contribution >= 4 is 23.7 Å². The van der Waals surface area contributed by atoms with Crippen molar-refractivity contribution in [3.05, 3.63) is 96.6 Å². The van der Waals surface area contributed by atoms with Gasteiger partial charge < -0.3 is 10.1 Å². The Bertz CT molecular complexity index is 912. The van der Waals surface area contributed by atoms with Crippen molar-refractivity contribution in [2.24, 2.45) is 5.10 Å². The molecule has 5 nitrogen and oxygen atoms in total. The molecule has 1 amide bonds. The smallest absolute Gasteiger partial charge is 0.408 e. The third-order valence-electron chi connectivity index (χ3n) is 4.16. The summed E-state index contributed by atoms with van der Waals surface area (Å²) in [6.07, 6.45) is 1.23. The van der Waals surface area contributed by atoms with Crippen LogP contribution in [0.4, 0.5) is 16.2 Å². The molecule has 0 fully saturated rings. The fraction of sp³-hybridized carbons (Fsp3) is 0.200. The minimum Gasteiger partial charge on any atom is -0.444 e.